The quantitative estimate of drug-likeness (QED) is 0.458. The van der Waals surface area contributed by atoms with Gasteiger partial charge in [-0.25, -0.2) is 4.90 Å². The minimum atomic E-state index is -1.40. The highest BCUT2D eigenvalue weighted by Crippen LogP contribution is 2.30. The first-order chi connectivity index (χ1) is 8.15. The Morgan fingerprint density at radius 3 is 2.65 bits per heavy atom. The zero-order valence-electron chi connectivity index (χ0n) is 9.83. The van der Waals surface area contributed by atoms with Gasteiger partial charge in [-0.3, -0.25) is 10.1 Å². The van der Waals surface area contributed by atoms with Crippen LogP contribution in [0.2, 0.25) is 0 Å². The van der Waals surface area contributed by atoms with Crippen LogP contribution in [0.3, 0.4) is 0 Å². The SMILES string of the molecule is CN1CCCCC1(Oc1ccccc1)[N+](=O)[O-]. The van der Waals surface area contributed by atoms with Crippen molar-refractivity contribution in [1.82, 2.24) is 4.90 Å². The molecule has 1 saturated heterocycles. The van der Waals surface area contributed by atoms with Crippen molar-refractivity contribution >= 4 is 0 Å². The Hall–Kier alpha value is -1.62. The zero-order chi connectivity index (χ0) is 12.3. The van der Waals surface area contributed by atoms with Crippen LogP contribution in [-0.2, 0) is 0 Å². The smallest absolute Gasteiger partial charge is 0.415 e. The molecule has 0 amide bonds. The molecule has 1 heterocycles. The molecule has 1 aliphatic rings. The van der Waals surface area contributed by atoms with Crippen LogP contribution in [0, 0.1) is 10.1 Å². The first kappa shape index (κ1) is 11.9. The fourth-order valence-electron chi connectivity index (χ4n) is 2.14. The molecule has 92 valence electrons. The Morgan fingerprint density at radius 2 is 2.06 bits per heavy atom. The van der Waals surface area contributed by atoms with Crippen LogP contribution in [0.4, 0.5) is 0 Å². The summed E-state index contributed by atoms with van der Waals surface area (Å²) in [5.41, 5.74) is 0. The summed E-state index contributed by atoms with van der Waals surface area (Å²) in [4.78, 5) is 12.7. The minimum absolute atomic E-state index is 0.320. The van der Waals surface area contributed by atoms with Crippen LogP contribution in [0.5, 0.6) is 5.75 Å². The average molecular weight is 236 g/mol. The molecule has 2 rings (SSSR count). The Balaban J connectivity index is 2.25. The average Bonchev–Trinajstić information content (AvgIpc) is 2.33. The van der Waals surface area contributed by atoms with Crippen LogP contribution in [0.1, 0.15) is 19.3 Å². The number of hydrogen-bond acceptors (Lipinski definition) is 4. The second-order valence-corrected chi connectivity index (χ2v) is 4.29. The lowest BCUT2D eigenvalue weighted by Crippen LogP contribution is -2.59. The van der Waals surface area contributed by atoms with Crippen molar-refractivity contribution in [3.05, 3.63) is 40.4 Å². The Kier molecular flexibility index (Phi) is 3.28. The first-order valence-corrected chi connectivity index (χ1v) is 5.75. The van der Waals surface area contributed by atoms with E-state index in [1.807, 2.05) is 18.2 Å². The van der Waals surface area contributed by atoms with E-state index in [-0.39, 0.29) is 4.92 Å². The Bertz CT molecular complexity index is 396. The molecule has 1 aliphatic heterocycles. The van der Waals surface area contributed by atoms with Gasteiger partial charge >= 0.3 is 5.85 Å². The molecule has 1 fully saturated rings. The molecule has 0 N–H and O–H groups in total. The van der Waals surface area contributed by atoms with Gasteiger partial charge in [0.15, 0.2) is 0 Å². The van der Waals surface area contributed by atoms with E-state index in [9.17, 15) is 10.1 Å². The fraction of sp³-hybridized carbons (Fsp3) is 0.500. The largest absolute Gasteiger partial charge is 0.428 e. The van der Waals surface area contributed by atoms with Gasteiger partial charge in [0.05, 0.1) is 11.3 Å². The van der Waals surface area contributed by atoms with E-state index < -0.39 is 5.85 Å². The van der Waals surface area contributed by atoms with Crippen LogP contribution < -0.4 is 4.74 Å². The number of benzene rings is 1. The molecule has 0 aromatic heterocycles. The van der Waals surface area contributed by atoms with E-state index in [1.165, 1.54) is 0 Å². The molecule has 0 aliphatic carbocycles. The Labute approximate surface area is 100 Å². The van der Waals surface area contributed by atoms with Gasteiger partial charge in [0.1, 0.15) is 5.75 Å². The van der Waals surface area contributed by atoms with Crippen molar-refractivity contribution in [2.45, 2.75) is 25.1 Å². The van der Waals surface area contributed by atoms with Gasteiger partial charge < -0.3 is 4.74 Å². The third-order valence-corrected chi connectivity index (χ3v) is 3.15. The molecule has 1 atom stereocenters. The van der Waals surface area contributed by atoms with E-state index in [1.54, 1.807) is 24.1 Å². The van der Waals surface area contributed by atoms with E-state index in [4.69, 9.17) is 4.74 Å². The van der Waals surface area contributed by atoms with Gasteiger partial charge in [0.25, 0.3) is 0 Å². The lowest BCUT2D eigenvalue weighted by molar-refractivity contribution is -0.652. The van der Waals surface area contributed by atoms with Crippen molar-refractivity contribution in [3.63, 3.8) is 0 Å². The molecule has 0 saturated carbocycles. The summed E-state index contributed by atoms with van der Waals surface area (Å²) < 4.78 is 5.64. The fourth-order valence-corrected chi connectivity index (χ4v) is 2.14. The maximum Gasteiger partial charge on any atom is 0.428 e. The van der Waals surface area contributed by atoms with Gasteiger partial charge in [-0.1, -0.05) is 18.2 Å². The highest BCUT2D eigenvalue weighted by molar-refractivity contribution is 5.21. The van der Waals surface area contributed by atoms with E-state index in [2.05, 4.69) is 0 Å². The monoisotopic (exact) mass is 236 g/mol. The molecule has 0 bridgehead atoms. The minimum Gasteiger partial charge on any atom is -0.415 e. The molecule has 0 radical (unpaired) electrons. The number of piperidine rings is 1. The summed E-state index contributed by atoms with van der Waals surface area (Å²) in [7, 11) is 1.74. The van der Waals surface area contributed by atoms with E-state index in [0.717, 1.165) is 12.8 Å². The molecule has 0 spiro atoms. The molecule has 1 aromatic carbocycles. The van der Waals surface area contributed by atoms with Gasteiger partial charge in [-0.2, -0.15) is 0 Å². The molecule has 1 unspecified atom stereocenters. The summed E-state index contributed by atoms with van der Waals surface area (Å²) in [6, 6.07) is 8.97. The standard InChI is InChI=1S/C12H16N2O3/c1-13-10-6-5-9-12(13,14(15)16)17-11-7-3-2-4-8-11/h2-4,7-8H,5-6,9-10H2,1H3. The van der Waals surface area contributed by atoms with Crippen molar-refractivity contribution in [2.75, 3.05) is 13.6 Å². The molecular weight excluding hydrogens is 220 g/mol. The van der Waals surface area contributed by atoms with Gasteiger partial charge in [0.2, 0.25) is 0 Å². The molecule has 5 nitrogen and oxygen atoms in total. The number of ether oxygens (including phenoxy) is 1. The van der Waals surface area contributed by atoms with E-state index >= 15 is 0 Å². The highest BCUT2D eigenvalue weighted by Gasteiger charge is 2.51. The van der Waals surface area contributed by atoms with Crippen molar-refractivity contribution < 1.29 is 9.66 Å². The number of para-hydroxylation sites is 1. The van der Waals surface area contributed by atoms with Crippen LogP contribution in [0.15, 0.2) is 30.3 Å². The Morgan fingerprint density at radius 1 is 1.35 bits per heavy atom. The molecule has 17 heavy (non-hydrogen) atoms. The zero-order valence-corrected chi connectivity index (χ0v) is 9.83. The van der Waals surface area contributed by atoms with Crippen LogP contribution >= 0.6 is 0 Å². The number of nitrogens with zero attached hydrogens (tertiary/aromatic N) is 2. The molecule has 5 heteroatoms. The van der Waals surface area contributed by atoms with Crippen molar-refractivity contribution in [1.29, 1.82) is 0 Å². The number of nitro groups is 1. The van der Waals surface area contributed by atoms with Crippen LogP contribution in [-0.4, -0.2) is 29.3 Å². The third kappa shape index (κ3) is 2.24. The van der Waals surface area contributed by atoms with Gasteiger partial charge in [-0.05, 0) is 32.0 Å². The summed E-state index contributed by atoms with van der Waals surface area (Å²) >= 11 is 0. The predicted molar refractivity (Wildman–Crippen MR) is 63.3 cm³/mol. The number of likely N-dealkylation sites (tertiary alicyclic amines) is 1. The summed E-state index contributed by atoms with van der Waals surface area (Å²) in [6.07, 6.45) is 2.22. The summed E-state index contributed by atoms with van der Waals surface area (Å²) in [5, 5.41) is 11.3. The van der Waals surface area contributed by atoms with Gasteiger partial charge in [0, 0.05) is 6.54 Å². The summed E-state index contributed by atoms with van der Waals surface area (Å²) in [6.45, 7) is 0.688. The maximum atomic E-state index is 11.3. The van der Waals surface area contributed by atoms with Crippen molar-refractivity contribution in [3.8, 4) is 5.75 Å². The number of rotatable bonds is 3. The summed E-state index contributed by atoms with van der Waals surface area (Å²) in [5.74, 6) is -0.863. The second kappa shape index (κ2) is 4.71. The van der Waals surface area contributed by atoms with Crippen LogP contribution in [0.25, 0.3) is 0 Å². The normalized spacial score (nSPS) is 25.5. The lowest BCUT2D eigenvalue weighted by atomic mass is 10.1. The van der Waals surface area contributed by atoms with Gasteiger partial charge in [-0.15, -0.1) is 0 Å². The molecular formula is C12H16N2O3. The topological polar surface area (TPSA) is 55.6 Å². The highest BCUT2D eigenvalue weighted by atomic mass is 16.7. The van der Waals surface area contributed by atoms with E-state index in [0.29, 0.717) is 18.7 Å². The third-order valence-electron chi connectivity index (χ3n) is 3.15. The first-order valence-electron chi connectivity index (χ1n) is 5.75. The number of hydrogen-bond donors (Lipinski definition) is 0. The predicted octanol–water partition coefficient (Wildman–Crippen LogP) is 2.11. The van der Waals surface area contributed by atoms with Crippen molar-refractivity contribution in [2.24, 2.45) is 0 Å². The molecule has 1 aromatic rings. The second-order valence-electron chi connectivity index (χ2n) is 4.29. The maximum absolute atomic E-state index is 11.3. The lowest BCUT2D eigenvalue weighted by Gasteiger charge is -2.36.